The minimum atomic E-state index is -4.15. The third-order valence-corrected chi connectivity index (χ3v) is 14.8. The smallest absolute Gasteiger partial charge is 0.408 e. The number of nitrogens with one attached hydrogen (secondary N) is 3. The van der Waals surface area contributed by atoms with Crippen molar-refractivity contribution in [3.63, 3.8) is 0 Å². The van der Waals surface area contributed by atoms with Gasteiger partial charge in [0.2, 0.25) is 34.1 Å². The Morgan fingerprint density at radius 3 is 2.37 bits per heavy atom. The molecule has 4 amide bonds. The summed E-state index contributed by atoms with van der Waals surface area (Å²) in [7, 11) is -2.61. The lowest BCUT2D eigenvalue weighted by molar-refractivity contribution is -0.144. The molecule has 2 bridgehead atoms. The molecule has 8 unspecified atom stereocenters. The molecule has 1 saturated heterocycles. The van der Waals surface area contributed by atoms with Crippen molar-refractivity contribution in [3.8, 4) is 11.6 Å². The highest BCUT2D eigenvalue weighted by Gasteiger charge is 2.67. The van der Waals surface area contributed by atoms with Crippen LogP contribution in [0.5, 0.6) is 11.6 Å². The first-order valence-electron chi connectivity index (χ1n) is 21.4. The number of ether oxygens (including phenoxy) is 3. The number of aromatic nitrogens is 2. The summed E-state index contributed by atoms with van der Waals surface area (Å²) in [6.45, 7) is 6.93. The van der Waals surface area contributed by atoms with Crippen molar-refractivity contribution in [2.24, 2.45) is 23.2 Å². The van der Waals surface area contributed by atoms with Gasteiger partial charge in [0, 0.05) is 12.0 Å². The summed E-state index contributed by atoms with van der Waals surface area (Å²) in [5.41, 5.74) is -1.41. The van der Waals surface area contributed by atoms with Crippen LogP contribution in [0.2, 0.25) is 0 Å². The fourth-order valence-corrected chi connectivity index (χ4v) is 10.7. The molecule has 0 radical (unpaired) electrons. The maximum absolute atomic E-state index is 15.0. The van der Waals surface area contributed by atoms with Crippen molar-refractivity contribution in [1.29, 1.82) is 0 Å². The normalized spacial score (nSPS) is 30.5. The van der Waals surface area contributed by atoms with Crippen LogP contribution < -0.4 is 24.8 Å². The van der Waals surface area contributed by atoms with Gasteiger partial charge in [-0.2, -0.15) is 0 Å². The first-order valence-corrected chi connectivity index (χ1v) is 23.0. The van der Waals surface area contributed by atoms with E-state index in [-0.39, 0.29) is 30.9 Å². The van der Waals surface area contributed by atoms with Gasteiger partial charge in [-0.25, -0.2) is 32.0 Å². The number of halogens is 2. The number of aryl methyl sites for hydroxylation is 1. The van der Waals surface area contributed by atoms with Crippen LogP contribution in [0.4, 0.5) is 13.6 Å². The molecule has 2 aromatic rings. The first-order chi connectivity index (χ1) is 28.4. The minimum Gasteiger partial charge on any atom is -0.497 e. The molecule has 4 fully saturated rings. The zero-order valence-electron chi connectivity index (χ0n) is 35.0. The Labute approximate surface area is 349 Å². The fourth-order valence-electron chi connectivity index (χ4n) is 9.30. The lowest BCUT2D eigenvalue weighted by Crippen LogP contribution is -2.61. The Balaban J connectivity index is 1.28. The van der Waals surface area contributed by atoms with Gasteiger partial charge in [0.1, 0.15) is 41.3 Å². The number of rotatable bonds is 8. The van der Waals surface area contributed by atoms with Gasteiger partial charge >= 0.3 is 6.09 Å². The molecule has 330 valence electrons. The van der Waals surface area contributed by atoms with E-state index in [9.17, 15) is 36.4 Å². The van der Waals surface area contributed by atoms with Crippen molar-refractivity contribution in [3.05, 3.63) is 23.9 Å². The van der Waals surface area contributed by atoms with Crippen LogP contribution in [0.25, 0.3) is 11.0 Å². The first kappa shape index (κ1) is 43.7. The molecule has 1 aromatic carbocycles. The van der Waals surface area contributed by atoms with E-state index >= 15 is 0 Å². The number of benzene rings is 1. The zero-order chi connectivity index (χ0) is 43.1. The molecule has 1 aromatic heterocycles. The van der Waals surface area contributed by atoms with Crippen LogP contribution in [0.1, 0.15) is 110 Å². The van der Waals surface area contributed by atoms with Crippen molar-refractivity contribution in [2.75, 3.05) is 13.7 Å². The third-order valence-electron chi connectivity index (χ3n) is 13.0. The quantitative estimate of drug-likeness (QED) is 0.316. The summed E-state index contributed by atoms with van der Waals surface area (Å²) >= 11 is 0. The third kappa shape index (κ3) is 9.13. The van der Waals surface area contributed by atoms with Gasteiger partial charge in [0.15, 0.2) is 0 Å². The summed E-state index contributed by atoms with van der Waals surface area (Å²) in [4.78, 5) is 68.2. The highest BCUT2D eigenvalue weighted by Crippen LogP contribution is 2.49. The predicted octanol–water partition coefficient (Wildman–Crippen LogP) is 5.19. The van der Waals surface area contributed by atoms with E-state index in [0.717, 1.165) is 44.9 Å². The highest BCUT2D eigenvalue weighted by atomic mass is 32.2. The largest absolute Gasteiger partial charge is 0.497 e. The Morgan fingerprint density at radius 1 is 1.00 bits per heavy atom. The van der Waals surface area contributed by atoms with Crippen LogP contribution >= 0.6 is 0 Å². The van der Waals surface area contributed by atoms with E-state index in [1.165, 1.54) is 4.90 Å². The number of amides is 4. The second-order valence-electron chi connectivity index (χ2n) is 18.3. The average Bonchev–Trinajstić information content (AvgIpc) is 4.13. The molecule has 3 saturated carbocycles. The van der Waals surface area contributed by atoms with Crippen molar-refractivity contribution >= 4 is 44.9 Å². The monoisotopic (exact) mass is 860 g/mol. The average molecular weight is 861 g/mol. The van der Waals surface area contributed by atoms with E-state index in [4.69, 9.17) is 24.2 Å². The number of nitrogens with zero attached hydrogens (tertiary/aromatic N) is 3. The van der Waals surface area contributed by atoms with E-state index in [1.54, 1.807) is 46.9 Å². The second kappa shape index (κ2) is 17.2. The van der Waals surface area contributed by atoms with Crippen molar-refractivity contribution < 1.29 is 50.6 Å². The molecule has 2 aliphatic heterocycles. The number of alkyl carbamates (subject to hydrolysis) is 1. The molecular weight excluding hydrogens is 803 g/mol. The molecule has 3 N–H and O–H groups in total. The second-order valence-corrected chi connectivity index (χ2v) is 20.3. The molecule has 3 heterocycles. The molecule has 15 nitrogen and oxygen atoms in total. The number of carbonyl (C=O) groups is 4. The van der Waals surface area contributed by atoms with Crippen molar-refractivity contribution in [1.82, 2.24) is 30.2 Å². The van der Waals surface area contributed by atoms with Gasteiger partial charge in [-0.15, -0.1) is 0 Å². The predicted molar refractivity (Wildman–Crippen MR) is 216 cm³/mol. The topological polar surface area (TPSA) is 195 Å². The molecular formula is C42H58F2N6O9S. The lowest BCUT2D eigenvalue weighted by Gasteiger charge is -2.37. The number of fused-ring (bicyclic) bond motifs is 5. The summed E-state index contributed by atoms with van der Waals surface area (Å²) in [5.74, 6) is -4.32. The summed E-state index contributed by atoms with van der Waals surface area (Å²) in [6.07, 6.45) is 2.90. The summed E-state index contributed by atoms with van der Waals surface area (Å²) in [5, 5.41) is 4.52. The number of methoxy groups -OCH3 is 1. The minimum absolute atomic E-state index is 0.155. The molecule has 8 atom stereocenters. The molecule has 0 spiro atoms. The van der Waals surface area contributed by atoms with Gasteiger partial charge < -0.3 is 29.7 Å². The van der Waals surface area contributed by atoms with Gasteiger partial charge in [0.05, 0.1) is 35.9 Å². The highest BCUT2D eigenvalue weighted by molar-refractivity contribution is 7.91. The number of hydrogen-bond donors (Lipinski definition) is 3. The Morgan fingerprint density at radius 2 is 1.72 bits per heavy atom. The van der Waals surface area contributed by atoms with Crippen LogP contribution in [0.3, 0.4) is 0 Å². The molecule has 5 aliphatic rings. The Kier molecular flexibility index (Phi) is 12.5. The van der Waals surface area contributed by atoms with Crippen molar-refractivity contribution in [2.45, 2.75) is 153 Å². The van der Waals surface area contributed by atoms with Gasteiger partial charge in [-0.05, 0) is 87.7 Å². The van der Waals surface area contributed by atoms with Crippen LogP contribution in [-0.2, 0) is 35.6 Å². The number of alkyl halides is 2. The van der Waals surface area contributed by atoms with Gasteiger partial charge in [-0.3, -0.25) is 19.1 Å². The van der Waals surface area contributed by atoms with E-state index in [0.29, 0.717) is 48.2 Å². The number of hydrogen-bond acceptors (Lipinski definition) is 11. The fraction of sp³-hybridized carbons (Fsp3) is 0.714. The Bertz CT molecular complexity index is 2080. The maximum Gasteiger partial charge on any atom is 0.408 e. The van der Waals surface area contributed by atoms with Gasteiger partial charge in [-0.1, -0.05) is 47.0 Å². The number of carbonyl (C=O) groups excluding carboxylic acids is 4. The van der Waals surface area contributed by atoms with Crippen LogP contribution in [0.15, 0.2) is 18.2 Å². The maximum atomic E-state index is 15.0. The molecule has 60 heavy (non-hydrogen) atoms. The molecule has 3 aliphatic carbocycles. The zero-order valence-corrected chi connectivity index (χ0v) is 35.8. The van der Waals surface area contributed by atoms with E-state index in [2.05, 4.69) is 10.6 Å². The molecule has 7 rings (SSSR count). The van der Waals surface area contributed by atoms with E-state index in [1.807, 2.05) is 10.8 Å². The van der Waals surface area contributed by atoms with Gasteiger partial charge in [0.25, 0.3) is 5.91 Å². The summed E-state index contributed by atoms with van der Waals surface area (Å²) < 4.78 is 74.5. The number of sulfonamides is 1. The summed E-state index contributed by atoms with van der Waals surface area (Å²) in [6, 6.07) is 2.74. The Hall–Kier alpha value is -4.35. The van der Waals surface area contributed by atoms with E-state index < -0.39 is 92.9 Å². The standard InChI is InChI=1S/C42H58F2N6O9S/c1-6-26-32-22-50(33(26)36(51)48-42(21-27(42)35(43)44)39(53)49-60(55,56)25-17-18-25)38(52)34(41(2,3)4)47-40(54)59-31-15-11-10-13-23(31)12-8-7-9-14-29-37(58-32)46-30-20-24(57-5)16-19-28(30)45-29/h16,19-20,23,25-27,31-35H,6-15,17-18,21-22H2,1-5H3,(H,47,54)(H,48,51)(H,49,53). The molecule has 18 heteroatoms. The lowest BCUT2D eigenvalue weighted by atomic mass is 9.83. The van der Waals surface area contributed by atoms with Crippen LogP contribution in [-0.4, -0.2) is 102 Å². The SMILES string of the molecule is CCC1C2CN(C(=O)C(C(C)(C)C)NC(=O)OC3CCCCC3CCCCCc3nc4ccc(OC)cc4nc3O2)C1C(=O)NC1(C(=O)NS(=O)(=O)C2CC2)CC1C(F)F. The van der Waals surface area contributed by atoms with Crippen LogP contribution in [0, 0.1) is 23.2 Å².